The molecule has 226 valence electrons. The summed E-state index contributed by atoms with van der Waals surface area (Å²) in [5, 5.41) is 0. The fourth-order valence-corrected chi connectivity index (χ4v) is 6.03. The number of carbonyl (C=O) groups excluding carboxylic acids is 5. The number of rotatable bonds is 7. The minimum atomic E-state index is -1.28. The highest BCUT2D eigenvalue weighted by Gasteiger charge is 2.60. The molecule has 0 spiro atoms. The lowest BCUT2D eigenvalue weighted by Crippen LogP contribution is -2.46. The van der Waals surface area contributed by atoms with E-state index in [1.165, 1.54) is 18.4 Å². The van der Waals surface area contributed by atoms with Gasteiger partial charge in [0.1, 0.15) is 30.1 Å². The van der Waals surface area contributed by atoms with Gasteiger partial charge in [-0.1, -0.05) is 48.5 Å². The van der Waals surface area contributed by atoms with E-state index in [0.717, 1.165) is 6.92 Å². The number of para-hydroxylation sites is 1. The molecule has 1 saturated heterocycles. The fourth-order valence-electron chi connectivity index (χ4n) is 6.03. The van der Waals surface area contributed by atoms with E-state index in [4.69, 9.17) is 23.7 Å². The van der Waals surface area contributed by atoms with Gasteiger partial charge in [-0.25, -0.2) is 9.59 Å². The molecule has 0 bridgehead atoms. The summed E-state index contributed by atoms with van der Waals surface area (Å²) in [6, 6.07) is 15.8. The quantitative estimate of drug-likeness (QED) is 0.222. The number of nitrogens with zero attached hydrogens (tertiary/aromatic N) is 2. The van der Waals surface area contributed by atoms with Gasteiger partial charge in [0.25, 0.3) is 5.56 Å². The summed E-state index contributed by atoms with van der Waals surface area (Å²) >= 11 is 0. The highest BCUT2D eigenvalue weighted by Crippen LogP contribution is 2.51. The van der Waals surface area contributed by atoms with Crippen molar-refractivity contribution in [1.29, 1.82) is 0 Å². The van der Waals surface area contributed by atoms with Crippen LogP contribution < -0.4 is 10.5 Å². The number of benzene rings is 2. The topological polar surface area (TPSA) is 157 Å². The molecule has 13 nitrogen and oxygen atoms in total. The van der Waals surface area contributed by atoms with Crippen molar-refractivity contribution in [2.45, 2.75) is 51.4 Å². The predicted molar refractivity (Wildman–Crippen MR) is 150 cm³/mol. The molecule has 6 rings (SSSR count). The number of esters is 5. The van der Waals surface area contributed by atoms with Gasteiger partial charge in [0.15, 0.2) is 18.4 Å². The Bertz CT molecular complexity index is 1750. The second-order valence-corrected chi connectivity index (χ2v) is 10.4. The normalized spacial score (nSPS) is 22.0. The average Bonchev–Trinajstić information content (AvgIpc) is 3.60. The van der Waals surface area contributed by atoms with Crippen molar-refractivity contribution in [2.24, 2.45) is 0 Å². The monoisotopic (exact) mass is 602 g/mol. The van der Waals surface area contributed by atoms with Gasteiger partial charge in [0.2, 0.25) is 0 Å². The highest BCUT2D eigenvalue weighted by atomic mass is 16.6. The summed E-state index contributed by atoms with van der Waals surface area (Å²) in [7, 11) is 0. The van der Waals surface area contributed by atoms with Gasteiger partial charge in [0.05, 0.1) is 11.1 Å². The summed E-state index contributed by atoms with van der Waals surface area (Å²) in [6.45, 7) is 3.08. The standard InChI is InChI=1S/C31H26N2O11/c1-15(34)40-14-20(41-16(2)35)25-26(42-17(3)36)24-29(43-25)32(19-12-8-5-9-13-19)27-23-22(30(38)44-31(23)39)21(28(37)33(24)27)18-10-6-4-7-11-18/h4-13,20,24-26,29H,14H2,1-3H3/t20-,24-,25-,26-,29+/m1/s1. The van der Waals surface area contributed by atoms with Crippen molar-refractivity contribution in [1.82, 2.24) is 4.57 Å². The molecule has 5 atom stereocenters. The van der Waals surface area contributed by atoms with Crippen LogP contribution in [0.2, 0.25) is 0 Å². The molecule has 44 heavy (non-hydrogen) atoms. The fraction of sp³-hybridized carbons (Fsp3) is 0.290. The Morgan fingerprint density at radius 3 is 2.07 bits per heavy atom. The van der Waals surface area contributed by atoms with Crippen LogP contribution >= 0.6 is 0 Å². The number of pyridine rings is 1. The molecule has 0 N–H and O–H groups in total. The molecule has 0 saturated carbocycles. The molecule has 13 heteroatoms. The minimum Gasteiger partial charge on any atom is -0.462 e. The van der Waals surface area contributed by atoms with Gasteiger partial charge in [-0.15, -0.1) is 0 Å². The third-order valence-electron chi connectivity index (χ3n) is 7.54. The maximum atomic E-state index is 14.6. The van der Waals surface area contributed by atoms with Crippen molar-refractivity contribution >= 4 is 41.4 Å². The molecular formula is C31H26N2O11. The molecule has 0 radical (unpaired) electrons. The maximum Gasteiger partial charge on any atom is 0.350 e. The van der Waals surface area contributed by atoms with Crippen LogP contribution in [0.15, 0.2) is 65.5 Å². The molecule has 3 aliphatic rings. The van der Waals surface area contributed by atoms with Crippen molar-refractivity contribution < 1.29 is 47.7 Å². The van der Waals surface area contributed by atoms with Gasteiger partial charge in [0, 0.05) is 26.5 Å². The molecule has 2 aromatic carbocycles. The van der Waals surface area contributed by atoms with Crippen LogP contribution in [-0.4, -0.2) is 65.6 Å². The van der Waals surface area contributed by atoms with Crippen LogP contribution in [0.1, 0.15) is 47.5 Å². The minimum absolute atomic E-state index is 0.0151. The summed E-state index contributed by atoms with van der Waals surface area (Å²) in [5.74, 6) is -4.01. The maximum absolute atomic E-state index is 14.6. The van der Waals surface area contributed by atoms with Crippen LogP contribution in [0.5, 0.6) is 0 Å². The number of hydrogen-bond acceptors (Lipinski definition) is 12. The average molecular weight is 603 g/mol. The summed E-state index contributed by atoms with van der Waals surface area (Å²) < 4.78 is 29.1. The second-order valence-electron chi connectivity index (χ2n) is 10.4. The lowest BCUT2D eigenvalue weighted by molar-refractivity contribution is -0.174. The van der Waals surface area contributed by atoms with Gasteiger partial charge in [-0.2, -0.15) is 0 Å². The van der Waals surface area contributed by atoms with E-state index >= 15 is 0 Å². The number of hydrogen-bond donors (Lipinski definition) is 0. The van der Waals surface area contributed by atoms with E-state index in [1.807, 2.05) is 0 Å². The molecule has 4 heterocycles. The zero-order valence-electron chi connectivity index (χ0n) is 23.8. The van der Waals surface area contributed by atoms with Crippen LogP contribution in [0.25, 0.3) is 11.1 Å². The Morgan fingerprint density at radius 1 is 0.818 bits per heavy atom. The molecule has 0 amide bonds. The first-order valence-electron chi connectivity index (χ1n) is 13.7. The Morgan fingerprint density at radius 2 is 1.45 bits per heavy atom. The number of anilines is 2. The van der Waals surface area contributed by atoms with Gasteiger partial charge < -0.3 is 23.7 Å². The van der Waals surface area contributed by atoms with E-state index in [1.54, 1.807) is 65.6 Å². The molecule has 3 aliphatic heterocycles. The van der Waals surface area contributed by atoms with Crippen molar-refractivity contribution in [2.75, 3.05) is 11.5 Å². The highest BCUT2D eigenvalue weighted by molar-refractivity contribution is 6.20. The first-order chi connectivity index (χ1) is 21.1. The van der Waals surface area contributed by atoms with Gasteiger partial charge in [-0.3, -0.25) is 28.6 Å². The van der Waals surface area contributed by atoms with Gasteiger partial charge in [-0.05, 0) is 17.7 Å². The molecule has 3 aromatic rings. The zero-order chi connectivity index (χ0) is 31.3. The smallest absolute Gasteiger partial charge is 0.350 e. The van der Waals surface area contributed by atoms with Crippen molar-refractivity contribution in [3.63, 3.8) is 0 Å². The van der Waals surface area contributed by atoms with Crippen LogP contribution in [0, 0.1) is 0 Å². The van der Waals surface area contributed by atoms with Crippen molar-refractivity contribution in [3.8, 4) is 11.1 Å². The summed E-state index contributed by atoms with van der Waals surface area (Å²) in [6.07, 6.45) is -4.85. The predicted octanol–water partition coefficient (Wildman–Crippen LogP) is 2.67. The van der Waals surface area contributed by atoms with E-state index < -0.39 is 72.6 Å². The Kier molecular flexibility index (Phi) is 7.25. The lowest BCUT2D eigenvalue weighted by atomic mass is 9.97. The Labute approximate surface area is 249 Å². The van der Waals surface area contributed by atoms with E-state index in [0.29, 0.717) is 11.3 Å². The third kappa shape index (κ3) is 4.71. The second kappa shape index (κ2) is 11.1. The molecule has 0 unspecified atom stereocenters. The summed E-state index contributed by atoms with van der Waals surface area (Å²) in [5.41, 5.74) is -0.249. The first kappa shape index (κ1) is 28.8. The SMILES string of the molecule is CC(=O)OC[C@@H](OC(C)=O)[C@H]1O[C@H]2[C@@H]([C@H]1OC(C)=O)n1c(c3c(c(-c4ccccc4)c1=O)C(=O)OC3=O)N2c1ccccc1. The van der Waals surface area contributed by atoms with Gasteiger partial charge >= 0.3 is 29.8 Å². The zero-order valence-corrected chi connectivity index (χ0v) is 23.8. The van der Waals surface area contributed by atoms with E-state index in [-0.39, 0.29) is 22.5 Å². The molecule has 1 aromatic heterocycles. The lowest BCUT2D eigenvalue weighted by Gasteiger charge is -2.30. The largest absolute Gasteiger partial charge is 0.462 e. The molecule has 1 fully saturated rings. The van der Waals surface area contributed by atoms with E-state index in [9.17, 15) is 28.8 Å². The number of fused-ring (bicyclic) bond motifs is 5. The Hall–Kier alpha value is -5.30. The number of cyclic esters (lactones) is 2. The number of aromatic nitrogens is 1. The molecule has 0 aliphatic carbocycles. The number of ether oxygens (including phenoxy) is 5. The number of carbonyl (C=O) groups is 5. The third-order valence-corrected chi connectivity index (χ3v) is 7.54. The van der Waals surface area contributed by atoms with Crippen LogP contribution in [0.4, 0.5) is 11.5 Å². The first-order valence-corrected chi connectivity index (χ1v) is 13.7. The van der Waals surface area contributed by atoms with Crippen LogP contribution in [-0.2, 0) is 38.1 Å². The van der Waals surface area contributed by atoms with E-state index in [2.05, 4.69) is 0 Å². The van der Waals surface area contributed by atoms with Crippen LogP contribution in [0.3, 0.4) is 0 Å². The summed E-state index contributed by atoms with van der Waals surface area (Å²) in [4.78, 5) is 78.8. The van der Waals surface area contributed by atoms with Crippen molar-refractivity contribution in [3.05, 3.63) is 82.1 Å². The Balaban J connectivity index is 1.63. The molecular weight excluding hydrogens is 576 g/mol.